The van der Waals surface area contributed by atoms with E-state index >= 15 is 0 Å². The molecular weight excluding hydrogens is 298 g/mol. The summed E-state index contributed by atoms with van der Waals surface area (Å²) < 4.78 is 26.5. The SMILES string of the molecule is Nc1ccc(S(=O)(=O)NCCc2cnc[nH]2)cc1[N+](=O)[O-]. The minimum absolute atomic E-state index is 0.0867. The first-order chi connectivity index (χ1) is 9.90. The van der Waals surface area contributed by atoms with Crippen LogP contribution in [0.3, 0.4) is 0 Å². The number of rotatable bonds is 6. The molecule has 0 spiro atoms. The summed E-state index contributed by atoms with van der Waals surface area (Å²) in [5.41, 5.74) is 5.68. The second-order valence-corrected chi connectivity index (χ2v) is 5.97. The molecule has 1 aromatic heterocycles. The number of benzene rings is 1. The standard InChI is InChI=1S/C11H13N5O4S/c12-10-2-1-9(5-11(10)16(17)18)21(19,20)15-4-3-8-6-13-7-14-8/h1-2,5-7,15H,3-4,12H2,(H,13,14). The Kier molecular flexibility index (Phi) is 4.19. The maximum absolute atomic E-state index is 12.0. The molecule has 1 heterocycles. The van der Waals surface area contributed by atoms with Gasteiger partial charge >= 0.3 is 0 Å². The summed E-state index contributed by atoms with van der Waals surface area (Å²) in [6, 6.07) is 3.36. The highest BCUT2D eigenvalue weighted by atomic mass is 32.2. The number of nitro groups is 1. The zero-order valence-corrected chi connectivity index (χ0v) is 11.6. The molecule has 0 unspecified atom stereocenters. The summed E-state index contributed by atoms with van der Waals surface area (Å²) in [5, 5.41) is 10.8. The molecule has 0 atom stereocenters. The zero-order chi connectivity index (χ0) is 15.5. The van der Waals surface area contributed by atoms with Crippen molar-refractivity contribution in [3.05, 3.63) is 46.5 Å². The molecule has 112 valence electrons. The number of anilines is 1. The number of nitrogens with two attached hydrogens (primary N) is 1. The summed E-state index contributed by atoms with van der Waals surface area (Å²) in [6.45, 7) is 0.142. The number of hydrogen-bond acceptors (Lipinski definition) is 6. The summed E-state index contributed by atoms with van der Waals surface area (Å²) in [7, 11) is -3.83. The summed E-state index contributed by atoms with van der Waals surface area (Å²) >= 11 is 0. The fourth-order valence-electron chi connectivity index (χ4n) is 1.67. The highest BCUT2D eigenvalue weighted by Crippen LogP contribution is 2.24. The first-order valence-electron chi connectivity index (χ1n) is 5.91. The van der Waals surface area contributed by atoms with Gasteiger partial charge in [-0.3, -0.25) is 10.1 Å². The molecule has 4 N–H and O–H groups in total. The van der Waals surface area contributed by atoms with Crippen LogP contribution in [0.15, 0.2) is 35.6 Å². The summed E-state index contributed by atoms with van der Waals surface area (Å²) in [5.74, 6) is 0. The van der Waals surface area contributed by atoms with Crippen molar-refractivity contribution in [3.63, 3.8) is 0 Å². The Hall–Kier alpha value is -2.46. The lowest BCUT2D eigenvalue weighted by Gasteiger charge is -2.06. The molecule has 0 fully saturated rings. The van der Waals surface area contributed by atoms with Crippen molar-refractivity contribution in [3.8, 4) is 0 Å². The van der Waals surface area contributed by atoms with Gasteiger partial charge in [0.05, 0.1) is 16.1 Å². The number of sulfonamides is 1. The minimum Gasteiger partial charge on any atom is -0.393 e. The van der Waals surface area contributed by atoms with Gasteiger partial charge in [-0.1, -0.05) is 0 Å². The molecule has 0 bridgehead atoms. The average Bonchev–Trinajstić information content (AvgIpc) is 2.91. The van der Waals surface area contributed by atoms with Crippen LogP contribution in [-0.4, -0.2) is 29.9 Å². The van der Waals surface area contributed by atoms with Gasteiger partial charge in [0.25, 0.3) is 5.69 Å². The zero-order valence-electron chi connectivity index (χ0n) is 10.8. The number of nitrogens with zero attached hydrogens (tertiary/aromatic N) is 2. The molecular formula is C11H13N5O4S. The van der Waals surface area contributed by atoms with E-state index in [1.807, 2.05) is 0 Å². The monoisotopic (exact) mass is 311 g/mol. The normalized spacial score (nSPS) is 11.4. The van der Waals surface area contributed by atoms with Gasteiger partial charge < -0.3 is 10.7 Å². The van der Waals surface area contributed by atoms with Crippen molar-refractivity contribution in [2.24, 2.45) is 0 Å². The molecule has 0 saturated carbocycles. The van der Waals surface area contributed by atoms with Crippen LogP contribution in [-0.2, 0) is 16.4 Å². The average molecular weight is 311 g/mol. The van der Waals surface area contributed by atoms with Crippen molar-refractivity contribution in [2.45, 2.75) is 11.3 Å². The van der Waals surface area contributed by atoms with E-state index in [9.17, 15) is 18.5 Å². The second-order valence-electron chi connectivity index (χ2n) is 4.20. The van der Waals surface area contributed by atoms with Gasteiger partial charge in [0.2, 0.25) is 10.0 Å². The van der Waals surface area contributed by atoms with Crippen LogP contribution in [0.4, 0.5) is 11.4 Å². The fraction of sp³-hybridized carbons (Fsp3) is 0.182. The van der Waals surface area contributed by atoms with E-state index in [1.165, 1.54) is 18.5 Å². The predicted molar refractivity (Wildman–Crippen MR) is 75.0 cm³/mol. The van der Waals surface area contributed by atoms with Crippen molar-refractivity contribution in [1.29, 1.82) is 0 Å². The summed E-state index contributed by atoms with van der Waals surface area (Å²) in [4.78, 5) is 16.5. The number of aromatic nitrogens is 2. The van der Waals surface area contributed by atoms with Gasteiger partial charge in [0, 0.05) is 30.9 Å². The first-order valence-corrected chi connectivity index (χ1v) is 7.39. The Morgan fingerprint density at radius 3 is 2.81 bits per heavy atom. The molecule has 0 saturated heterocycles. The number of nitrogen functional groups attached to an aromatic ring is 1. The fourth-order valence-corrected chi connectivity index (χ4v) is 2.72. The van der Waals surface area contributed by atoms with E-state index in [4.69, 9.17) is 5.73 Å². The highest BCUT2D eigenvalue weighted by Gasteiger charge is 2.19. The molecule has 10 heteroatoms. The smallest absolute Gasteiger partial charge is 0.293 e. The number of nitro benzene ring substituents is 1. The third-order valence-corrected chi connectivity index (χ3v) is 4.21. The van der Waals surface area contributed by atoms with E-state index in [1.54, 1.807) is 6.20 Å². The maximum atomic E-state index is 12.0. The van der Waals surface area contributed by atoms with Crippen molar-refractivity contribution < 1.29 is 13.3 Å². The highest BCUT2D eigenvalue weighted by molar-refractivity contribution is 7.89. The van der Waals surface area contributed by atoms with Crippen molar-refractivity contribution >= 4 is 21.4 Å². The Bertz CT molecular complexity index is 742. The molecule has 2 rings (SSSR count). The molecule has 0 aliphatic rings. The molecule has 0 aliphatic heterocycles. The maximum Gasteiger partial charge on any atom is 0.293 e. The molecule has 2 aromatic rings. The molecule has 1 aromatic carbocycles. The molecule has 21 heavy (non-hydrogen) atoms. The Morgan fingerprint density at radius 1 is 1.43 bits per heavy atom. The third-order valence-electron chi connectivity index (χ3n) is 2.75. The third kappa shape index (κ3) is 3.55. The Balaban J connectivity index is 2.12. The van der Waals surface area contributed by atoms with E-state index in [0.717, 1.165) is 11.8 Å². The number of H-pyrrole nitrogens is 1. The number of hydrogen-bond donors (Lipinski definition) is 3. The lowest BCUT2D eigenvalue weighted by atomic mass is 10.3. The minimum atomic E-state index is -3.83. The number of imidazole rings is 1. The van der Waals surface area contributed by atoms with Crippen molar-refractivity contribution in [1.82, 2.24) is 14.7 Å². The van der Waals surface area contributed by atoms with Crippen LogP contribution in [0, 0.1) is 10.1 Å². The Labute approximate surface area is 120 Å². The summed E-state index contributed by atoms with van der Waals surface area (Å²) in [6.07, 6.45) is 3.51. The van der Waals surface area contributed by atoms with Crippen LogP contribution in [0.5, 0.6) is 0 Å². The van der Waals surface area contributed by atoms with Crippen LogP contribution < -0.4 is 10.5 Å². The van der Waals surface area contributed by atoms with Gasteiger partial charge in [-0.2, -0.15) is 0 Å². The van der Waals surface area contributed by atoms with Crippen LogP contribution >= 0.6 is 0 Å². The number of nitrogens with one attached hydrogen (secondary N) is 2. The van der Waals surface area contributed by atoms with Crippen LogP contribution in [0.1, 0.15) is 5.69 Å². The quantitative estimate of drug-likeness (QED) is 0.400. The molecule has 9 nitrogen and oxygen atoms in total. The van der Waals surface area contributed by atoms with E-state index in [2.05, 4.69) is 14.7 Å². The molecule has 0 aliphatic carbocycles. The topological polar surface area (TPSA) is 144 Å². The van der Waals surface area contributed by atoms with Crippen LogP contribution in [0.25, 0.3) is 0 Å². The van der Waals surface area contributed by atoms with Gasteiger partial charge in [-0.25, -0.2) is 18.1 Å². The predicted octanol–water partition coefficient (Wildman–Crippen LogP) is 0.421. The number of aromatic amines is 1. The van der Waals surface area contributed by atoms with Gasteiger partial charge in [0.1, 0.15) is 5.69 Å². The van der Waals surface area contributed by atoms with Crippen LogP contribution in [0.2, 0.25) is 0 Å². The van der Waals surface area contributed by atoms with Crippen molar-refractivity contribution in [2.75, 3.05) is 12.3 Å². The van der Waals surface area contributed by atoms with Gasteiger partial charge in [-0.05, 0) is 12.1 Å². The lowest BCUT2D eigenvalue weighted by Crippen LogP contribution is -2.26. The first kappa shape index (κ1) is 14.9. The van der Waals surface area contributed by atoms with Gasteiger partial charge in [-0.15, -0.1) is 0 Å². The lowest BCUT2D eigenvalue weighted by molar-refractivity contribution is -0.384. The largest absolute Gasteiger partial charge is 0.393 e. The molecule has 0 radical (unpaired) electrons. The van der Waals surface area contributed by atoms with E-state index < -0.39 is 20.6 Å². The Morgan fingerprint density at radius 2 is 2.19 bits per heavy atom. The van der Waals surface area contributed by atoms with E-state index in [-0.39, 0.29) is 17.1 Å². The van der Waals surface area contributed by atoms with Gasteiger partial charge in [0.15, 0.2) is 0 Å². The second kappa shape index (κ2) is 5.89. The molecule has 0 amide bonds. The van der Waals surface area contributed by atoms with E-state index in [0.29, 0.717) is 6.42 Å².